The van der Waals surface area contributed by atoms with Crippen molar-refractivity contribution >= 4 is 20.9 Å². The number of para-hydroxylation sites is 1. The van der Waals surface area contributed by atoms with E-state index in [4.69, 9.17) is 4.74 Å². The van der Waals surface area contributed by atoms with Crippen LogP contribution in [0.15, 0.2) is 23.1 Å². The van der Waals surface area contributed by atoms with E-state index in [-0.39, 0.29) is 0 Å². The molecule has 1 fully saturated rings. The van der Waals surface area contributed by atoms with Crippen LogP contribution in [0.3, 0.4) is 0 Å². The van der Waals surface area contributed by atoms with Crippen molar-refractivity contribution in [1.82, 2.24) is 9.97 Å². The lowest BCUT2D eigenvalue weighted by Crippen LogP contribution is -2.15. The predicted molar refractivity (Wildman–Crippen MR) is 72.0 cm³/mol. The molecule has 0 radical (unpaired) electrons. The molecule has 1 N–H and O–H groups in total. The number of imidazole rings is 1. The summed E-state index contributed by atoms with van der Waals surface area (Å²) in [5.41, 5.74) is 1.33. The fourth-order valence-corrected chi connectivity index (χ4v) is 3.32. The Balaban J connectivity index is 2.10. The Morgan fingerprint density at radius 1 is 1.32 bits per heavy atom. The van der Waals surface area contributed by atoms with Crippen LogP contribution in [0.4, 0.5) is 0 Å². The second-order valence-corrected chi connectivity index (χ2v) is 6.92. The molecule has 0 aliphatic carbocycles. The molecule has 102 valence electrons. The number of aromatic amines is 1. The van der Waals surface area contributed by atoms with Gasteiger partial charge in [0, 0.05) is 25.4 Å². The van der Waals surface area contributed by atoms with Crippen LogP contribution in [0.25, 0.3) is 11.0 Å². The van der Waals surface area contributed by atoms with E-state index in [2.05, 4.69) is 9.97 Å². The Labute approximate surface area is 111 Å². The van der Waals surface area contributed by atoms with Crippen molar-refractivity contribution in [2.24, 2.45) is 0 Å². The lowest BCUT2D eigenvalue weighted by Gasteiger charge is -2.19. The van der Waals surface area contributed by atoms with Crippen molar-refractivity contribution in [3.05, 3.63) is 24.0 Å². The second kappa shape index (κ2) is 4.61. The first-order valence-corrected chi connectivity index (χ1v) is 8.21. The number of benzene rings is 1. The van der Waals surface area contributed by atoms with Gasteiger partial charge >= 0.3 is 0 Å². The summed E-state index contributed by atoms with van der Waals surface area (Å²) in [5.74, 6) is 1.20. The van der Waals surface area contributed by atoms with Gasteiger partial charge in [0.2, 0.25) is 0 Å². The summed E-state index contributed by atoms with van der Waals surface area (Å²) in [6.45, 7) is 1.47. The van der Waals surface area contributed by atoms with E-state index in [1.165, 1.54) is 6.26 Å². The second-order valence-electron chi connectivity index (χ2n) is 4.93. The number of nitrogens with one attached hydrogen (secondary N) is 1. The van der Waals surface area contributed by atoms with Crippen LogP contribution < -0.4 is 0 Å². The molecule has 0 saturated carbocycles. The third-order valence-corrected chi connectivity index (χ3v) is 4.63. The fourth-order valence-electron chi connectivity index (χ4n) is 2.49. The van der Waals surface area contributed by atoms with Crippen molar-refractivity contribution in [3.63, 3.8) is 0 Å². The number of ether oxygens (including phenoxy) is 1. The van der Waals surface area contributed by atoms with Gasteiger partial charge in [-0.25, -0.2) is 13.4 Å². The van der Waals surface area contributed by atoms with Crippen LogP contribution >= 0.6 is 0 Å². The maximum absolute atomic E-state index is 11.8. The highest BCUT2D eigenvalue weighted by Gasteiger charge is 2.21. The Morgan fingerprint density at radius 2 is 2.05 bits per heavy atom. The summed E-state index contributed by atoms with van der Waals surface area (Å²) in [7, 11) is -3.25. The molecule has 5 nitrogen and oxygen atoms in total. The fraction of sp³-hybridized carbons (Fsp3) is 0.462. The van der Waals surface area contributed by atoms with Crippen LogP contribution in [0.1, 0.15) is 24.6 Å². The van der Waals surface area contributed by atoms with E-state index in [9.17, 15) is 8.42 Å². The standard InChI is InChI=1S/C13H16N2O3S/c1-19(16,17)11-4-2-3-10-12(11)15-13(14-10)9-5-7-18-8-6-9/h2-4,9H,5-8H2,1H3,(H,14,15). The molecule has 1 aliphatic heterocycles. The van der Waals surface area contributed by atoms with E-state index in [1.54, 1.807) is 12.1 Å². The molecule has 6 heteroatoms. The average molecular weight is 280 g/mol. The van der Waals surface area contributed by atoms with E-state index in [1.807, 2.05) is 6.07 Å². The smallest absolute Gasteiger partial charge is 0.177 e. The van der Waals surface area contributed by atoms with E-state index in [0.29, 0.717) is 16.3 Å². The first-order chi connectivity index (χ1) is 9.05. The molecule has 19 heavy (non-hydrogen) atoms. The van der Waals surface area contributed by atoms with Gasteiger partial charge in [0.25, 0.3) is 0 Å². The van der Waals surface area contributed by atoms with Gasteiger partial charge in [-0.2, -0.15) is 0 Å². The molecule has 1 aromatic carbocycles. The number of nitrogens with zero attached hydrogens (tertiary/aromatic N) is 1. The lowest BCUT2D eigenvalue weighted by atomic mass is 10.00. The van der Waals surface area contributed by atoms with E-state index < -0.39 is 9.84 Å². The molecule has 0 spiro atoms. The minimum atomic E-state index is -3.25. The summed E-state index contributed by atoms with van der Waals surface area (Å²) >= 11 is 0. The molecule has 1 aliphatic rings. The highest BCUT2D eigenvalue weighted by molar-refractivity contribution is 7.91. The first kappa shape index (κ1) is 12.6. The Morgan fingerprint density at radius 3 is 2.74 bits per heavy atom. The van der Waals surface area contributed by atoms with Crippen LogP contribution in [0, 0.1) is 0 Å². The molecule has 1 aromatic heterocycles. The van der Waals surface area contributed by atoms with Crippen LogP contribution in [0.5, 0.6) is 0 Å². The third kappa shape index (κ3) is 2.37. The normalized spacial score (nSPS) is 17.9. The molecular weight excluding hydrogens is 264 g/mol. The van der Waals surface area contributed by atoms with Crippen molar-refractivity contribution in [1.29, 1.82) is 0 Å². The van der Waals surface area contributed by atoms with Gasteiger partial charge in [0.1, 0.15) is 11.3 Å². The molecule has 0 bridgehead atoms. The van der Waals surface area contributed by atoms with Crippen molar-refractivity contribution in [3.8, 4) is 0 Å². The number of fused-ring (bicyclic) bond motifs is 1. The molecule has 0 amide bonds. The van der Waals surface area contributed by atoms with Gasteiger partial charge in [-0.1, -0.05) is 6.07 Å². The topological polar surface area (TPSA) is 72.0 Å². The minimum Gasteiger partial charge on any atom is -0.381 e. The summed E-state index contributed by atoms with van der Waals surface area (Å²) in [4.78, 5) is 8.05. The van der Waals surface area contributed by atoms with Gasteiger partial charge in [0.05, 0.1) is 10.4 Å². The maximum atomic E-state index is 11.8. The molecule has 3 rings (SSSR count). The number of hydrogen-bond donors (Lipinski definition) is 1. The molecule has 2 heterocycles. The Hall–Kier alpha value is -1.40. The van der Waals surface area contributed by atoms with Gasteiger partial charge < -0.3 is 9.72 Å². The zero-order valence-electron chi connectivity index (χ0n) is 10.7. The van der Waals surface area contributed by atoms with Crippen LogP contribution in [-0.4, -0.2) is 37.9 Å². The molecule has 2 aromatic rings. The van der Waals surface area contributed by atoms with Gasteiger partial charge in [-0.3, -0.25) is 0 Å². The maximum Gasteiger partial charge on any atom is 0.177 e. The molecule has 0 unspecified atom stereocenters. The number of sulfone groups is 1. The predicted octanol–water partition coefficient (Wildman–Crippen LogP) is 1.86. The number of aromatic nitrogens is 2. The van der Waals surface area contributed by atoms with Crippen molar-refractivity contribution < 1.29 is 13.2 Å². The molecule has 1 saturated heterocycles. The summed E-state index contributed by atoms with van der Waals surface area (Å²) < 4.78 is 28.9. The van der Waals surface area contributed by atoms with E-state index >= 15 is 0 Å². The molecular formula is C13H16N2O3S. The van der Waals surface area contributed by atoms with Crippen LogP contribution in [0.2, 0.25) is 0 Å². The number of hydrogen-bond acceptors (Lipinski definition) is 4. The summed E-state index contributed by atoms with van der Waals surface area (Å²) in [6.07, 6.45) is 3.06. The number of H-pyrrole nitrogens is 1. The minimum absolute atomic E-state index is 0.291. The summed E-state index contributed by atoms with van der Waals surface area (Å²) in [5, 5.41) is 0. The zero-order chi connectivity index (χ0) is 13.5. The average Bonchev–Trinajstić information content (AvgIpc) is 2.82. The van der Waals surface area contributed by atoms with Gasteiger partial charge in [-0.05, 0) is 25.0 Å². The van der Waals surface area contributed by atoms with Crippen molar-refractivity contribution in [2.75, 3.05) is 19.5 Å². The van der Waals surface area contributed by atoms with Gasteiger partial charge in [0.15, 0.2) is 9.84 Å². The first-order valence-electron chi connectivity index (χ1n) is 6.32. The molecule has 0 atom stereocenters. The highest BCUT2D eigenvalue weighted by atomic mass is 32.2. The quantitative estimate of drug-likeness (QED) is 0.911. The summed E-state index contributed by atoms with van der Waals surface area (Å²) in [6, 6.07) is 5.21. The highest BCUT2D eigenvalue weighted by Crippen LogP contribution is 2.28. The monoisotopic (exact) mass is 280 g/mol. The Bertz CT molecular complexity index is 700. The van der Waals surface area contributed by atoms with Crippen LogP contribution in [-0.2, 0) is 14.6 Å². The van der Waals surface area contributed by atoms with E-state index in [0.717, 1.165) is 37.4 Å². The number of rotatable bonds is 2. The SMILES string of the molecule is CS(=O)(=O)c1cccc2[nH]c(C3CCOCC3)nc12. The largest absolute Gasteiger partial charge is 0.381 e. The third-order valence-electron chi connectivity index (χ3n) is 3.50. The lowest BCUT2D eigenvalue weighted by molar-refractivity contribution is 0.0838. The van der Waals surface area contributed by atoms with Gasteiger partial charge in [-0.15, -0.1) is 0 Å². The zero-order valence-corrected chi connectivity index (χ0v) is 11.5. The Kier molecular flexibility index (Phi) is 3.06. The van der Waals surface area contributed by atoms with Crippen molar-refractivity contribution in [2.45, 2.75) is 23.7 Å².